The number of fused-ring (bicyclic) bond motifs is 2. The van der Waals surface area contributed by atoms with Crippen molar-refractivity contribution in [3.8, 4) is 5.75 Å². The van der Waals surface area contributed by atoms with Gasteiger partial charge < -0.3 is 24.1 Å². The van der Waals surface area contributed by atoms with Gasteiger partial charge in [0.2, 0.25) is 5.89 Å². The van der Waals surface area contributed by atoms with Gasteiger partial charge in [0.05, 0.1) is 26.2 Å². The number of amides is 1. The van der Waals surface area contributed by atoms with Gasteiger partial charge in [0.15, 0.2) is 11.1 Å². The molecule has 3 aromatic rings. The first-order chi connectivity index (χ1) is 17.9. The van der Waals surface area contributed by atoms with Crippen LogP contribution in [0.2, 0.25) is 0 Å². The van der Waals surface area contributed by atoms with Gasteiger partial charge in [-0.2, -0.15) is 13.2 Å². The number of nitrogens with zero attached hydrogens (tertiary/aromatic N) is 3. The normalized spacial score (nSPS) is 24.4. The summed E-state index contributed by atoms with van der Waals surface area (Å²) >= 11 is 0. The van der Waals surface area contributed by atoms with Crippen LogP contribution in [-0.2, 0) is 9.53 Å². The molecule has 37 heavy (non-hydrogen) atoms. The van der Waals surface area contributed by atoms with Crippen LogP contribution in [0.5, 0.6) is 5.75 Å². The average molecular weight is 515 g/mol. The van der Waals surface area contributed by atoms with Crippen LogP contribution < -0.4 is 15.5 Å². The molecule has 0 saturated carbocycles. The number of carbonyl (C=O) groups excluding carboxylic acids is 1. The predicted octanol–water partition coefficient (Wildman–Crippen LogP) is 2.83. The Bertz CT molecular complexity index is 1350. The monoisotopic (exact) mass is 515 g/mol. The highest BCUT2D eigenvalue weighted by Crippen LogP contribution is 2.43. The van der Waals surface area contributed by atoms with Crippen LogP contribution in [0.15, 0.2) is 58.8 Å². The van der Waals surface area contributed by atoms with Gasteiger partial charge in [-0.3, -0.25) is 4.79 Å². The Balaban J connectivity index is 1.50. The molecule has 1 aromatic heterocycles. The number of benzene rings is 2. The van der Waals surface area contributed by atoms with Crippen LogP contribution in [0.3, 0.4) is 0 Å². The van der Waals surface area contributed by atoms with Crippen LogP contribution in [0.1, 0.15) is 17.4 Å². The predicted molar refractivity (Wildman–Crippen MR) is 126 cm³/mol. The SMILES string of the molecule is COc1cccc2oc(C3=C(N4CCOCC4)NC4C(c5ccccc5)C(C(F)(F)F)NN4C3=O)nc12. The zero-order valence-corrected chi connectivity index (χ0v) is 19.8. The number of hydrogen-bond acceptors (Lipinski definition) is 8. The molecule has 0 radical (unpaired) electrons. The number of hydrogen-bond donors (Lipinski definition) is 2. The number of ether oxygens (including phenoxy) is 2. The summed E-state index contributed by atoms with van der Waals surface area (Å²) in [5, 5.41) is 4.26. The number of alkyl halides is 3. The van der Waals surface area contributed by atoms with Crippen LogP contribution in [0.25, 0.3) is 16.7 Å². The van der Waals surface area contributed by atoms with Gasteiger partial charge in [-0.05, 0) is 17.7 Å². The zero-order valence-electron chi connectivity index (χ0n) is 19.8. The molecule has 3 atom stereocenters. The molecule has 2 saturated heterocycles. The number of rotatable bonds is 4. The van der Waals surface area contributed by atoms with E-state index in [1.165, 1.54) is 7.11 Å². The molecule has 3 aliphatic rings. The van der Waals surface area contributed by atoms with E-state index in [0.29, 0.717) is 54.5 Å². The number of carbonyl (C=O) groups is 1. The molecule has 0 aliphatic carbocycles. The van der Waals surface area contributed by atoms with Gasteiger partial charge in [-0.1, -0.05) is 36.4 Å². The van der Waals surface area contributed by atoms with Crippen LogP contribution in [0.4, 0.5) is 13.2 Å². The number of para-hydroxylation sites is 1. The molecule has 0 spiro atoms. The summed E-state index contributed by atoms with van der Waals surface area (Å²) in [6.07, 6.45) is -5.61. The van der Waals surface area contributed by atoms with E-state index in [9.17, 15) is 18.0 Å². The Kier molecular flexibility index (Phi) is 5.72. The lowest BCUT2D eigenvalue weighted by molar-refractivity contribution is -0.161. The molecular formula is C25H24F3N5O4. The van der Waals surface area contributed by atoms with E-state index < -0.39 is 30.2 Å². The van der Waals surface area contributed by atoms with Crippen molar-refractivity contribution >= 4 is 22.6 Å². The number of nitrogens with one attached hydrogen (secondary N) is 2. The van der Waals surface area contributed by atoms with Crippen LogP contribution in [-0.4, -0.2) is 72.6 Å². The molecule has 9 nitrogen and oxygen atoms in total. The molecule has 2 fully saturated rings. The Hall–Kier alpha value is -3.77. The van der Waals surface area contributed by atoms with Crippen LogP contribution >= 0.6 is 0 Å². The van der Waals surface area contributed by atoms with Gasteiger partial charge in [0.1, 0.15) is 29.4 Å². The largest absolute Gasteiger partial charge is 0.494 e. The van der Waals surface area contributed by atoms with Crippen molar-refractivity contribution in [1.82, 2.24) is 25.6 Å². The molecule has 6 rings (SSSR count). The number of methoxy groups -OCH3 is 1. The molecule has 3 aliphatic heterocycles. The molecule has 4 heterocycles. The maximum absolute atomic E-state index is 14.2. The summed E-state index contributed by atoms with van der Waals surface area (Å²) in [6.45, 7) is 1.71. The average Bonchev–Trinajstić information content (AvgIpc) is 3.51. The molecule has 2 aromatic carbocycles. The van der Waals surface area contributed by atoms with Crippen molar-refractivity contribution in [2.45, 2.75) is 24.3 Å². The first kappa shape index (κ1) is 23.6. The van der Waals surface area contributed by atoms with E-state index in [0.717, 1.165) is 5.01 Å². The summed E-state index contributed by atoms with van der Waals surface area (Å²) in [6, 6.07) is 11.5. The Morgan fingerprint density at radius 2 is 1.84 bits per heavy atom. The lowest BCUT2D eigenvalue weighted by Gasteiger charge is -2.40. The first-order valence-corrected chi connectivity index (χ1v) is 11.9. The first-order valence-electron chi connectivity index (χ1n) is 11.9. The van der Waals surface area contributed by atoms with Crippen molar-refractivity contribution in [3.05, 3.63) is 65.8 Å². The number of oxazole rings is 1. The molecule has 12 heteroatoms. The molecule has 1 amide bonds. The number of aromatic nitrogens is 1. The van der Waals surface area contributed by atoms with Crippen molar-refractivity contribution in [3.63, 3.8) is 0 Å². The van der Waals surface area contributed by atoms with E-state index in [-0.39, 0.29) is 11.5 Å². The summed E-state index contributed by atoms with van der Waals surface area (Å²) in [5.74, 6) is -0.943. The maximum atomic E-state index is 14.2. The van der Waals surface area contributed by atoms with Gasteiger partial charge in [-0.15, -0.1) is 0 Å². The Labute approximate surface area is 209 Å². The smallest absolute Gasteiger partial charge is 0.406 e. The van der Waals surface area contributed by atoms with E-state index in [4.69, 9.17) is 13.9 Å². The second-order valence-electron chi connectivity index (χ2n) is 9.00. The van der Waals surface area contributed by atoms with Crippen LogP contribution in [0, 0.1) is 0 Å². The molecule has 2 N–H and O–H groups in total. The Morgan fingerprint density at radius 3 is 2.54 bits per heavy atom. The molecular weight excluding hydrogens is 491 g/mol. The highest BCUT2D eigenvalue weighted by atomic mass is 19.4. The molecule has 3 unspecified atom stereocenters. The van der Waals surface area contributed by atoms with Gasteiger partial charge in [0.25, 0.3) is 5.91 Å². The highest BCUT2D eigenvalue weighted by molar-refractivity contribution is 6.20. The van der Waals surface area contributed by atoms with Gasteiger partial charge >= 0.3 is 6.18 Å². The van der Waals surface area contributed by atoms with Crippen molar-refractivity contribution < 1.29 is 31.9 Å². The number of hydrazine groups is 1. The fourth-order valence-electron chi connectivity index (χ4n) is 5.18. The van der Waals surface area contributed by atoms with E-state index >= 15 is 0 Å². The quantitative estimate of drug-likeness (QED) is 0.548. The minimum Gasteiger partial charge on any atom is -0.494 e. The van der Waals surface area contributed by atoms with Crippen molar-refractivity contribution in [1.29, 1.82) is 0 Å². The summed E-state index contributed by atoms with van der Waals surface area (Å²) in [5.41, 5.74) is 3.74. The second kappa shape index (κ2) is 8.96. The van der Waals surface area contributed by atoms with Gasteiger partial charge in [-0.25, -0.2) is 15.4 Å². The third kappa shape index (κ3) is 3.96. The number of halogens is 3. The van der Waals surface area contributed by atoms with E-state index in [2.05, 4.69) is 15.7 Å². The van der Waals surface area contributed by atoms with Crippen molar-refractivity contribution in [2.24, 2.45) is 0 Å². The fourth-order valence-corrected chi connectivity index (χ4v) is 5.18. The highest BCUT2D eigenvalue weighted by Gasteiger charge is 2.58. The zero-order chi connectivity index (χ0) is 25.7. The second-order valence-corrected chi connectivity index (χ2v) is 9.00. The fraction of sp³-hybridized carbons (Fsp3) is 0.360. The standard InChI is InChI=1S/C25H24F3N5O4/c1-35-15-8-5-9-16-19(15)29-23(37-16)18-21(32-10-12-36-13-11-32)30-22-17(14-6-3-2-4-7-14)20(25(26,27)28)31-33(22)24(18)34/h2-9,17,20,22,30-31H,10-13H2,1H3. The third-order valence-electron chi connectivity index (χ3n) is 6.89. The lowest BCUT2D eigenvalue weighted by atomic mass is 9.89. The lowest BCUT2D eigenvalue weighted by Crippen LogP contribution is -2.58. The molecule has 0 bridgehead atoms. The Morgan fingerprint density at radius 1 is 1.08 bits per heavy atom. The van der Waals surface area contributed by atoms with E-state index in [1.807, 2.05) is 4.90 Å². The topological polar surface area (TPSA) is 92.1 Å². The summed E-state index contributed by atoms with van der Waals surface area (Å²) in [7, 11) is 1.49. The maximum Gasteiger partial charge on any atom is 0.406 e. The summed E-state index contributed by atoms with van der Waals surface area (Å²) in [4.78, 5) is 20.4. The minimum absolute atomic E-state index is 0.00883. The number of morpholine rings is 1. The van der Waals surface area contributed by atoms with Gasteiger partial charge in [0, 0.05) is 13.1 Å². The summed E-state index contributed by atoms with van der Waals surface area (Å²) < 4.78 is 59.5. The molecule has 194 valence electrons. The third-order valence-corrected chi connectivity index (χ3v) is 6.89. The van der Waals surface area contributed by atoms with E-state index in [1.54, 1.807) is 48.5 Å². The minimum atomic E-state index is -4.61. The van der Waals surface area contributed by atoms with Crippen molar-refractivity contribution in [2.75, 3.05) is 33.4 Å².